The highest BCUT2D eigenvalue weighted by atomic mass is 16.3. The third kappa shape index (κ3) is 14.5. The molecule has 0 aliphatic rings. The third-order valence-electron chi connectivity index (χ3n) is 2.32. The van der Waals surface area contributed by atoms with Gasteiger partial charge in [-0.3, -0.25) is 4.79 Å². The number of phenols is 1. The minimum atomic E-state index is -0.0592. The molecule has 0 spiro atoms. The van der Waals surface area contributed by atoms with Gasteiger partial charge in [-0.05, 0) is 25.5 Å². The van der Waals surface area contributed by atoms with Gasteiger partial charge in [0.1, 0.15) is 5.75 Å². The van der Waals surface area contributed by atoms with E-state index >= 15 is 0 Å². The van der Waals surface area contributed by atoms with Crippen molar-refractivity contribution in [2.75, 3.05) is 13.1 Å². The topological polar surface area (TPSA) is 75.4 Å². The quantitative estimate of drug-likeness (QED) is 0.727. The van der Waals surface area contributed by atoms with Crippen molar-refractivity contribution >= 4 is 5.91 Å². The third-order valence-corrected chi connectivity index (χ3v) is 2.32. The molecule has 1 amide bonds. The van der Waals surface area contributed by atoms with E-state index in [-0.39, 0.29) is 12.5 Å². The van der Waals surface area contributed by atoms with Crippen LogP contribution in [0.3, 0.4) is 0 Å². The number of carbonyl (C=O) groups is 1. The molecule has 1 aromatic carbocycles. The number of aryl methyl sites for hydroxylation is 1. The van der Waals surface area contributed by atoms with Gasteiger partial charge in [0.2, 0.25) is 5.91 Å². The Kier molecular flexibility index (Phi) is 16.1. The van der Waals surface area contributed by atoms with Crippen LogP contribution in [0, 0.1) is 6.92 Å². The summed E-state index contributed by atoms with van der Waals surface area (Å²) in [5, 5.41) is 11.5. The molecule has 4 nitrogen and oxygen atoms in total. The zero-order chi connectivity index (χ0) is 15.8. The number of unbranched alkanes of at least 4 members (excludes halogenated alkanes) is 2. The lowest BCUT2D eigenvalue weighted by Crippen LogP contribution is -2.30. The molecule has 1 aromatic rings. The van der Waals surface area contributed by atoms with Crippen LogP contribution in [0.2, 0.25) is 0 Å². The van der Waals surface area contributed by atoms with Crippen molar-refractivity contribution in [2.24, 2.45) is 5.73 Å². The molecule has 1 rings (SSSR count). The second kappa shape index (κ2) is 15.5. The predicted molar refractivity (Wildman–Crippen MR) is 85.8 cm³/mol. The highest BCUT2D eigenvalue weighted by Gasteiger charge is 1.93. The SMILES string of the molecule is CC.CCCCCNC(=O)CN.Cc1ccc(O)cc1. The number of aromatic hydroxyl groups is 1. The highest BCUT2D eigenvalue weighted by molar-refractivity contribution is 5.77. The fourth-order valence-corrected chi connectivity index (χ4v) is 1.22. The van der Waals surface area contributed by atoms with Gasteiger partial charge in [-0.1, -0.05) is 51.3 Å². The minimum absolute atomic E-state index is 0.0592. The average Bonchev–Trinajstić information content (AvgIpc) is 2.49. The molecular weight excluding hydrogens is 252 g/mol. The molecule has 0 fully saturated rings. The van der Waals surface area contributed by atoms with Crippen LogP contribution >= 0.6 is 0 Å². The van der Waals surface area contributed by atoms with Gasteiger partial charge >= 0.3 is 0 Å². The van der Waals surface area contributed by atoms with Gasteiger partial charge in [0, 0.05) is 6.54 Å². The molecule has 4 N–H and O–H groups in total. The molecule has 0 saturated heterocycles. The van der Waals surface area contributed by atoms with E-state index in [1.54, 1.807) is 12.1 Å². The van der Waals surface area contributed by atoms with E-state index in [1.165, 1.54) is 18.4 Å². The Balaban J connectivity index is 0. The second-order valence-corrected chi connectivity index (χ2v) is 4.10. The van der Waals surface area contributed by atoms with Crippen LogP contribution in [0.1, 0.15) is 45.6 Å². The van der Waals surface area contributed by atoms with Crippen molar-refractivity contribution < 1.29 is 9.90 Å². The van der Waals surface area contributed by atoms with Gasteiger partial charge in [-0.15, -0.1) is 0 Å². The van der Waals surface area contributed by atoms with Crippen LogP contribution in [0.4, 0.5) is 0 Å². The summed E-state index contributed by atoms with van der Waals surface area (Å²) in [6.45, 7) is 8.99. The van der Waals surface area contributed by atoms with Gasteiger partial charge in [-0.25, -0.2) is 0 Å². The van der Waals surface area contributed by atoms with E-state index in [1.807, 2.05) is 32.9 Å². The molecule has 0 atom stereocenters. The Hall–Kier alpha value is -1.55. The van der Waals surface area contributed by atoms with E-state index in [0.29, 0.717) is 5.75 Å². The summed E-state index contributed by atoms with van der Waals surface area (Å²) in [7, 11) is 0. The number of rotatable bonds is 5. The molecular formula is C16H30N2O2. The van der Waals surface area contributed by atoms with Gasteiger partial charge in [-0.2, -0.15) is 0 Å². The zero-order valence-electron chi connectivity index (χ0n) is 13.3. The smallest absolute Gasteiger partial charge is 0.233 e. The standard InChI is InChI=1S/C7H16N2O.C7H8O.C2H6/c1-2-3-4-5-9-7(10)6-8;1-6-2-4-7(8)5-3-6;1-2/h2-6,8H2,1H3,(H,9,10);2-5,8H,1H3;1-2H3. The van der Waals surface area contributed by atoms with Crippen molar-refractivity contribution in [3.05, 3.63) is 29.8 Å². The summed E-state index contributed by atoms with van der Waals surface area (Å²) >= 11 is 0. The van der Waals surface area contributed by atoms with Crippen molar-refractivity contribution in [1.82, 2.24) is 5.32 Å². The van der Waals surface area contributed by atoms with Crippen molar-refractivity contribution in [2.45, 2.75) is 47.0 Å². The predicted octanol–water partition coefficient (Wildman–Crippen LogP) is 2.98. The lowest BCUT2D eigenvalue weighted by atomic mass is 10.2. The average molecular weight is 282 g/mol. The van der Waals surface area contributed by atoms with Gasteiger partial charge in [0.05, 0.1) is 6.54 Å². The van der Waals surface area contributed by atoms with Crippen LogP contribution < -0.4 is 11.1 Å². The number of nitrogens with two attached hydrogens (primary N) is 1. The summed E-state index contributed by atoms with van der Waals surface area (Å²) in [5.74, 6) is 0.270. The Morgan fingerprint density at radius 1 is 1.20 bits per heavy atom. The fraction of sp³-hybridized carbons (Fsp3) is 0.562. The monoisotopic (exact) mass is 282 g/mol. The Labute approximate surface area is 123 Å². The Morgan fingerprint density at radius 2 is 1.75 bits per heavy atom. The maximum Gasteiger partial charge on any atom is 0.233 e. The van der Waals surface area contributed by atoms with Crippen LogP contribution in [0.25, 0.3) is 0 Å². The first kappa shape index (κ1) is 20.8. The molecule has 0 aliphatic carbocycles. The molecule has 20 heavy (non-hydrogen) atoms. The van der Waals surface area contributed by atoms with E-state index in [2.05, 4.69) is 12.2 Å². The van der Waals surface area contributed by atoms with E-state index < -0.39 is 0 Å². The summed E-state index contributed by atoms with van der Waals surface area (Å²) in [5.41, 5.74) is 6.24. The van der Waals surface area contributed by atoms with E-state index in [0.717, 1.165) is 13.0 Å². The van der Waals surface area contributed by atoms with Crippen LogP contribution in [0.5, 0.6) is 5.75 Å². The zero-order valence-corrected chi connectivity index (χ0v) is 13.3. The van der Waals surface area contributed by atoms with Crippen molar-refractivity contribution in [1.29, 1.82) is 0 Å². The first-order valence-corrected chi connectivity index (χ1v) is 7.32. The molecule has 0 heterocycles. The summed E-state index contributed by atoms with van der Waals surface area (Å²) in [6.07, 6.45) is 3.41. The number of carbonyl (C=O) groups excluding carboxylic acids is 1. The van der Waals surface area contributed by atoms with Crippen LogP contribution in [0.15, 0.2) is 24.3 Å². The number of hydrogen-bond donors (Lipinski definition) is 3. The van der Waals surface area contributed by atoms with Crippen LogP contribution in [-0.2, 0) is 4.79 Å². The van der Waals surface area contributed by atoms with Crippen LogP contribution in [-0.4, -0.2) is 24.1 Å². The number of nitrogens with one attached hydrogen (secondary N) is 1. The van der Waals surface area contributed by atoms with E-state index in [4.69, 9.17) is 10.8 Å². The molecule has 0 aromatic heterocycles. The molecule has 0 aliphatic heterocycles. The van der Waals surface area contributed by atoms with E-state index in [9.17, 15) is 4.79 Å². The van der Waals surface area contributed by atoms with Gasteiger partial charge in [0.15, 0.2) is 0 Å². The summed E-state index contributed by atoms with van der Waals surface area (Å²) in [4.78, 5) is 10.5. The molecule has 116 valence electrons. The van der Waals surface area contributed by atoms with Gasteiger partial charge < -0.3 is 16.2 Å². The van der Waals surface area contributed by atoms with Crippen molar-refractivity contribution in [3.8, 4) is 5.75 Å². The molecule has 0 unspecified atom stereocenters. The normalized spacial score (nSPS) is 8.65. The summed E-state index contributed by atoms with van der Waals surface area (Å²) < 4.78 is 0. The minimum Gasteiger partial charge on any atom is -0.508 e. The Bertz CT molecular complexity index is 303. The Morgan fingerprint density at radius 3 is 2.15 bits per heavy atom. The number of amides is 1. The molecule has 0 radical (unpaired) electrons. The summed E-state index contributed by atoms with van der Waals surface area (Å²) in [6, 6.07) is 7.09. The highest BCUT2D eigenvalue weighted by Crippen LogP contribution is 2.07. The number of benzene rings is 1. The molecule has 4 heteroatoms. The fourth-order valence-electron chi connectivity index (χ4n) is 1.22. The number of phenolic OH excluding ortho intramolecular Hbond substituents is 1. The van der Waals surface area contributed by atoms with Gasteiger partial charge in [0.25, 0.3) is 0 Å². The lowest BCUT2D eigenvalue weighted by molar-refractivity contribution is -0.119. The maximum atomic E-state index is 10.5. The van der Waals surface area contributed by atoms with Crippen molar-refractivity contribution in [3.63, 3.8) is 0 Å². The molecule has 0 saturated carbocycles. The largest absolute Gasteiger partial charge is 0.508 e. The first-order valence-electron chi connectivity index (χ1n) is 7.32. The first-order chi connectivity index (χ1) is 9.60. The second-order valence-electron chi connectivity index (χ2n) is 4.10. The number of hydrogen-bond acceptors (Lipinski definition) is 3. The lowest BCUT2D eigenvalue weighted by Gasteiger charge is -2.00. The maximum absolute atomic E-state index is 10.5. The molecule has 0 bridgehead atoms.